The highest BCUT2D eigenvalue weighted by Crippen LogP contribution is 2.27. The highest BCUT2D eigenvalue weighted by Gasteiger charge is 2.14. The monoisotopic (exact) mass is 579 g/mol. The molecule has 6 nitrogen and oxygen atoms in total. The molecule has 2 heterocycles. The summed E-state index contributed by atoms with van der Waals surface area (Å²) in [5, 5.41) is 3.78. The number of morpholine rings is 1. The second-order valence-electron chi connectivity index (χ2n) is 9.51. The van der Waals surface area contributed by atoms with Gasteiger partial charge in [0.25, 0.3) is 5.91 Å². The minimum absolute atomic E-state index is 0.0265. The molecule has 4 aromatic rings. The van der Waals surface area contributed by atoms with E-state index in [2.05, 4.69) is 15.2 Å². The number of amides is 1. The number of nitrogens with zero attached hydrogens (tertiary/aromatic N) is 2. The van der Waals surface area contributed by atoms with Crippen molar-refractivity contribution in [1.82, 2.24) is 9.88 Å². The van der Waals surface area contributed by atoms with Gasteiger partial charge in [0.2, 0.25) is 0 Å². The minimum Gasteiger partial charge on any atom is -0.489 e. The van der Waals surface area contributed by atoms with E-state index in [0.29, 0.717) is 44.9 Å². The second-order valence-corrected chi connectivity index (χ2v) is 10.4. The average Bonchev–Trinajstić information content (AvgIpc) is 2.95. The summed E-state index contributed by atoms with van der Waals surface area (Å²) in [6.07, 6.45) is 0.371. The molecule has 0 radical (unpaired) electrons. The number of carbonyl (C=O) groups excluding carboxylic acids is 1. The molecule has 0 atom stereocenters. The summed E-state index contributed by atoms with van der Waals surface area (Å²) >= 11 is 12.1. The first kappa shape index (κ1) is 28.1. The van der Waals surface area contributed by atoms with E-state index in [4.69, 9.17) is 32.7 Å². The van der Waals surface area contributed by atoms with Gasteiger partial charge in [0.1, 0.15) is 23.9 Å². The van der Waals surface area contributed by atoms with Crippen LogP contribution in [0.5, 0.6) is 5.75 Å². The number of nitrogens with one attached hydrogen (secondary N) is 1. The van der Waals surface area contributed by atoms with Gasteiger partial charge in [0, 0.05) is 58.6 Å². The van der Waals surface area contributed by atoms with Crippen LogP contribution in [0.3, 0.4) is 0 Å². The zero-order valence-electron chi connectivity index (χ0n) is 21.7. The number of hydrogen-bond donors (Lipinski definition) is 1. The van der Waals surface area contributed by atoms with Gasteiger partial charge >= 0.3 is 0 Å². The summed E-state index contributed by atoms with van der Waals surface area (Å²) in [6, 6.07) is 22.8. The summed E-state index contributed by atoms with van der Waals surface area (Å²) < 4.78 is 25.6. The maximum atomic E-state index is 14.2. The third kappa shape index (κ3) is 7.58. The van der Waals surface area contributed by atoms with Crippen molar-refractivity contribution in [3.05, 3.63) is 123 Å². The molecule has 1 amide bonds. The van der Waals surface area contributed by atoms with E-state index in [1.165, 1.54) is 11.6 Å². The van der Waals surface area contributed by atoms with Crippen molar-refractivity contribution < 1.29 is 18.7 Å². The molecule has 0 unspecified atom stereocenters. The van der Waals surface area contributed by atoms with Crippen molar-refractivity contribution in [2.75, 3.05) is 31.6 Å². The fourth-order valence-corrected chi connectivity index (χ4v) is 4.78. The zero-order valence-corrected chi connectivity index (χ0v) is 23.2. The van der Waals surface area contributed by atoms with E-state index in [0.717, 1.165) is 38.4 Å². The van der Waals surface area contributed by atoms with E-state index < -0.39 is 5.82 Å². The van der Waals surface area contributed by atoms with Crippen LogP contribution in [0.15, 0.2) is 78.9 Å². The molecule has 0 bridgehead atoms. The second kappa shape index (κ2) is 13.2. The van der Waals surface area contributed by atoms with Crippen LogP contribution in [0.4, 0.5) is 10.1 Å². The van der Waals surface area contributed by atoms with Crippen LogP contribution < -0.4 is 10.1 Å². The number of halogens is 3. The Balaban J connectivity index is 1.23. The number of hydrogen-bond acceptors (Lipinski definition) is 5. The molecule has 1 aromatic heterocycles. The van der Waals surface area contributed by atoms with Crippen LogP contribution >= 0.6 is 23.2 Å². The first-order valence-electron chi connectivity index (χ1n) is 12.9. The molecule has 206 valence electrons. The van der Waals surface area contributed by atoms with Gasteiger partial charge in [-0.3, -0.25) is 9.69 Å². The van der Waals surface area contributed by atoms with Crippen LogP contribution in [0, 0.1) is 5.82 Å². The van der Waals surface area contributed by atoms with E-state index in [-0.39, 0.29) is 12.5 Å². The van der Waals surface area contributed by atoms with Crippen molar-refractivity contribution in [1.29, 1.82) is 0 Å². The Morgan fingerprint density at radius 2 is 1.70 bits per heavy atom. The lowest BCUT2D eigenvalue weighted by atomic mass is 10.1. The number of ether oxygens (including phenoxy) is 2. The number of anilines is 1. The normalized spacial score (nSPS) is 13.7. The number of carbonyl (C=O) groups is 1. The molecule has 40 heavy (non-hydrogen) atoms. The van der Waals surface area contributed by atoms with Crippen LogP contribution in [-0.4, -0.2) is 42.1 Å². The summed E-state index contributed by atoms with van der Waals surface area (Å²) in [5.74, 6) is -0.189. The summed E-state index contributed by atoms with van der Waals surface area (Å²) in [4.78, 5) is 19.9. The topological polar surface area (TPSA) is 63.7 Å². The van der Waals surface area contributed by atoms with Crippen molar-refractivity contribution >= 4 is 34.8 Å². The molecule has 1 aliphatic heterocycles. The molecular weight excluding hydrogens is 552 g/mol. The minimum atomic E-state index is -0.435. The molecule has 9 heteroatoms. The van der Waals surface area contributed by atoms with Gasteiger partial charge < -0.3 is 14.8 Å². The van der Waals surface area contributed by atoms with Crippen molar-refractivity contribution in [3.63, 3.8) is 0 Å². The predicted molar refractivity (Wildman–Crippen MR) is 155 cm³/mol. The molecule has 0 aliphatic carbocycles. The van der Waals surface area contributed by atoms with Gasteiger partial charge in [-0.05, 0) is 60.2 Å². The summed E-state index contributed by atoms with van der Waals surface area (Å²) in [7, 11) is 0. The molecule has 0 spiro atoms. The maximum Gasteiger partial charge on any atom is 0.274 e. The van der Waals surface area contributed by atoms with E-state index in [9.17, 15) is 9.18 Å². The SMILES string of the molecule is O=C(Nc1ccc(CN2CCOCC2)cc1)c1cccc(Cc2cc(Cl)ccc2OCc2ccc(Cl)cc2F)n1. The quantitative estimate of drug-likeness (QED) is 0.237. The van der Waals surface area contributed by atoms with Gasteiger partial charge in [-0.1, -0.05) is 47.5 Å². The molecule has 1 aliphatic rings. The molecule has 3 aromatic carbocycles. The van der Waals surface area contributed by atoms with E-state index >= 15 is 0 Å². The fourth-order valence-electron chi connectivity index (χ4n) is 4.43. The largest absolute Gasteiger partial charge is 0.489 e. The molecule has 1 N–H and O–H groups in total. The third-order valence-corrected chi connectivity index (χ3v) is 7.02. The fraction of sp³-hybridized carbons (Fsp3) is 0.226. The first-order chi connectivity index (χ1) is 19.4. The van der Waals surface area contributed by atoms with Crippen molar-refractivity contribution in [2.45, 2.75) is 19.6 Å². The van der Waals surface area contributed by atoms with Gasteiger partial charge in [0.15, 0.2) is 0 Å². The Hall–Kier alpha value is -3.49. The smallest absolute Gasteiger partial charge is 0.274 e. The van der Waals surface area contributed by atoms with Crippen LogP contribution in [0.25, 0.3) is 0 Å². The highest BCUT2D eigenvalue weighted by atomic mass is 35.5. The van der Waals surface area contributed by atoms with Crippen LogP contribution in [-0.2, 0) is 24.3 Å². The molecular formula is C31H28Cl2FN3O3. The van der Waals surface area contributed by atoms with Gasteiger partial charge in [-0.25, -0.2) is 9.37 Å². The Morgan fingerprint density at radius 3 is 2.48 bits per heavy atom. The number of aromatic nitrogens is 1. The van der Waals surface area contributed by atoms with E-state index in [1.807, 2.05) is 30.3 Å². The lowest BCUT2D eigenvalue weighted by molar-refractivity contribution is 0.0342. The Morgan fingerprint density at radius 1 is 0.950 bits per heavy atom. The van der Waals surface area contributed by atoms with Gasteiger partial charge in [-0.2, -0.15) is 0 Å². The molecule has 1 fully saturated rings. The predicted octanol–water partition coefficient (Wildman–Crippen LogP) is 6.78. The highest BCUT2D eigenvalue weighted by molar-refractivity contribution is 6.30. The number of benzene rings is 3. The van der Waals surface area contributed by atoms with Crippen molar-refractivity contribution in [2.24, 2.45) is 0 Å². The van der Waals surface area contributed by atoms with Crippen molar-refractivity contribution in [3.8, 4) is 5.75 Å². The van der Waals surface area contributed by atoms with Crippen LogP contribution in [0.1, 0.15) is 32.9 Å². The Kier molecular flexibility index (Phi) is 9.29. The molecule has 0 saturated carbocycles. The first-order valence-corrected chi connectivity index (χ1v) is 13.7. The summed E-state index contributed by atoms with van der Waals surface area (Å²) in [6.45, 7) is 4.24. The lowest BCUT2D eigenvalue weighted by Crippen LogP contribution is -2.35. The Bertz CT molecular complexity index is 1480. The number of pyridine rings is 1. The maximum absolute atomic E-state index is 14.2. The standard InChI is InChI=1S/C31H28Cl2FN3O3/c32-24-8-11-30(40-20-22-6-7-25(33)18-28(22)34)23(16-24)17-27-2-1-3-29(35-27)31(38)36-26-9-4-21(5-10-26)19-37-12-14-39-15-13-37/h1-11,16,18H,12-15,17,19-20H2,(H,36,38). The molecule has 5 rings (SSSR count). The number of rotatable bonds is 9. The van der Waals surface area contributed by atoms with Crippen LogP contribution in [0.2, 0.25) is 10.0 Å². The lowest BCUT2D eigenvalue weighted by Gasteiger charge is -2.26. The average molecular weight is 580 g/mol. The Labute approximate surface area is 242 Å². The van der Waals surface area contributed by atoms with E-state index in [1.54, 1.807) is 42.5 Å². The van der Waals surface area contributed by atoms with Gasteiger partial charge in [-0.15, -0.1) is 0 Å². The van der Waals surface area contributed by atoms with Gasteiger partial charge in [0.05, 0.1) is 13.2 Å². The third-order valence-electron chi connectivity index (χ3n) is 6.55. The zero-order chi connectivity index (χ0) is 27.9. The molecule has 1 saturated heterocycles. The summed E-state index contributed by atoms with van der Waals surface area (Å²) in [5.41, 5.74) is 3.99.